The Morgan fingerprint density at radius 3 is 1.40 bits per heavy atom. The van der Waals surface area contributed by atoms with Crippen molar-refractivity contribution < 1.29 is 30.3 Å². The van der Waals surface area contributed by atoms with Crippen molar-refractivity contribution in [2.24, 2.45) is 0 Å². The molecule has 6 rings (SSSR count). The molecule has 6 heteroatoms. The first-order chi connectivity index (χ1) is 16.9. The van der Waals surface area contributed by atoms with Crippen molar-refractivity contribution in [1.29, 1.82) is 0 Å². The Hall–Kier alpha value is -4.32. The lowest BCUT2D eigenvalue weighted by Gasteiger charge is -2.23. The fourth-order valence-corrected chi connectivity index (χ4v) is 6.28. The maximum absolute atomic E-state index is 11.0. The van der Waals surface area contributed by atoms with Crippen molar-refractivity contribution in [3.8, 4) is 34.5 Å². The molecule has 6 nitrogen and oxygen atoms in total. The third-order valence-electron chi connectivity index (χ3n) is 7.52. The Morgan fingerprint density at radius 2 is 0.971 bits per heavy atom. The summed E-state index contributed by atoms with van der Waals surface area (Å²) < 4.78 is 5.33. The predicted octanol–water partition coefficient (Wildman–Crippen LogP) is 5.38. The standard InChI is InChI=1S/C29H24O6/c1-35-19-8-4-15(5-9-19)25-27-21(11-18(32)13-23(27)34)28-24(14-2-6-16(30)7-3-14)26-20(29(25)28)10-17(31)12-22(26)33/h2-13,24-25,28-34H,1H3. The van der Waals surface area contributed by atoms with Crippen LogP contribution >= 0.6 is 0 Å². The number of hydrogen-bond donors (Lipinski definition) is 5. The average molecular weight is 469 g/mol. The highest BCUT2D eigenvalue weighted by molar-refractivity contribution is 5.68. The summed E-state index contributed by atoms with van der Waals surface area (Å²) in [6, 6.07) is 20.6. The largest absolute Gasteiger partial charge is 0.508 e. The van der Waals surface area contributed by atoms with Crippen molar-refractivity contribution in [1.82, 2.24) is 0 Å². The van der Waals surface area contributed by atoms with Gasteiger partial charge >= 0.3 is 0 Å². The second-order valence-electron chi connectivity index (χ2n) is 9.31. The SMILES string of the molecule is COc1ccc(C2c3c(O)cc(O)cc3C3C(c4ccc(O)cc4)c4c(O)cc(O)cc4C23)cc1. The van der Waals surface area contributed by atoms with Crippen LogP contribution in [0.3, 0.4) is 0 Å². The molecular formula is C29H24O6. The zero-order valence-electron chi connectivity index (χ0n) is 18.9. The van der Waals surface area contributed by atoms with Crippen LogP contribution in [-0.2, 0) is 0 Å². The Morgan fingerprint density at radius 1 is 0.543 bits per heavy atom. The molecule has 0 saturated carbocycles. The summed E-state index contributed by atoms with van der Waals surface area (Å²) in [7, 11) is 1.60. The summed E-state index contributed by atoms with van der Waals surface area (Å²) in [6.45, 7) is 0. The van der Waals surface area contributed by atoms with Gasteiger partial charge in [-0.2, -0.15) is 0 Å². The Balaban J connectivity index is 1.65. The Kier molecular flexibility index (Phi) is 4.61. The highest BCUT2D eigenvalue weighted by Gasteiger charge is 2.54. The number of benzene rings is 4. The van der Waals surface area contributed by atoms with E-state index in [9.17, 15) is 25.5 Å². The van der Waals surface area contributed by atoms with E-state index in [0.29, 0.717) is 11.3 Å². The lowest BCUT2D eigenvalue weighted by Crippen LogP contribution is -2.10. The van der Waals surface area contributed by atoms with Crippen LogP contribution < -0.4 is 4.74 Å². The summed E-state index contributed by atoms with van der Waals surface area (Å²) in [5.41, 5.74) is 4.83. The summed E-state index contributed by atoms with van der Waals surface area (Å²) in [6.07, 6.45) is 0. The van der Waals surface area contributed by atoms with Crippen LogP contribution in [0.1, 0.15) is 57.1 Å². The lowest BCUT2D eigenvalue weighted by molar-refractivity contribution is 0.414. The van der Waals surface area contributed by atoms with Crippen molar-refractivity contribution in [2.45, 2.75) is 23.7 Å². The minimum Gasteiger partial charge on any atom is -0.508 e. The molecule has 0 fully saturated rings. The van der Waals surface area contributed by atoms with Gasteiger partial charge in [-0.15, -0.1) is 0 Å². The molecule has 0 heterocycles. The van der Waals surface area contributed by atoms with Gasteiger partial charge in [-0.05, 0) is 58.7 Å². The molecule has 4 atom stereocenters. The highest BCUT2D eigenvalue weighted by Crippen LogP contribution is 2.69. The number of ether oxygens (including phenoxy) is 1. The third kappa shape index (κ3) is 3.10. The van der Waals surface area contributed by atoms with Gasteiger partial charge in [-0.3, -0.25) is 0 Å². The minimum absolute atomic E-state index is 0.00518. The van der Waals surface area contributed by atoms with Gasteiger partial charge in [0.05, 0.1) is 7.11 Å². The van der Waals surface area contributed by atoms with Crippen molar-refractivity contribution in [3.63, 3.8) is 0 Å². The second-order valence-corrected chi connectivity index (χ2v) is 9.31. The first-order valence-corrected chi connectivity index (χ1v) is 11.4. The summed E-state index contributed by atoms with van der Waals surface area (Å²) >= 11 is 0. The lowest BCUT2D eigenvalue weighted by atomic mass is 9.79. The van der Waals surface area contributed by atoms with Gasteiger partial charge in [0.15, 0.2) is 0 Å². The van der Waals surface area contributed by atoms with E-state index in [1.807, 2.05) is 36.4 Å². The zero-order chi connectivity index (χ0) is 24.4. The maximum atomic E-state index is 11.0. The van der Waals surface area contributed by atoms with E-state index in [-0.39, 0.29) is 52.4 Å². The first-order valence-electron chi connectivity index (χ1n) is 11.4. The van der Waals surface area contributed by atoms with Crippen LogP contribution in [0, 0.1) is 0 Å². The maximum Gasteiger partial charge on any atom is 0.123 e. The number of rotatable bonds is 3. The number of fused-ring (bicyclic) bond motifs is 5. The monoisotopic (exact) mass is 468 g/mol. The van der Waals surface area contributed by atoms with Crippen LogP contribution in [0.2, 0.25) is 0 Å². The van der Waals surface area contributed by atoms with Gasteiger partial charge in [0.25, 0.3) is 0 Å². The molecular weight excluding hydrogens is 444 g/mol. The Labute approximate surface area is 202 Å². The second kappa shape index (κ2) is 7.60. The van der Waals surface area contributed by atoms with Crippen LogP contribution in [-0.4, -0.2) is 32.6 Å². The quantitative estimate of drug-likeness (QED) is 0.276. The molecule has 0 bridgehead atoms. The van der Waals surface area contributed by atoms with Gasteiger partial charge < -0.3 is 30.3 Å². The van der Waals surface area contributed by atoms with E-state index in [2.05, 4.69) is 0 Å². The van der Waals surface area contributed by atoms with E-state index in [1.54, 1.807) is 31.4 Å². The molecule has 4 aromatic rings. The van der Waals surface area contributed by atoms with Crippen LogP contribution in [0.25, 0.3) is 0 Å². The van der Waals surface area contributed by atoms with Gasteiger partial charge in [-0.1, -0.05) is 24.3 Å². The molecule has 0 saturated heterocycles. The average Bonchev–Trinajstić information content (AvgIpc) is 3.33. The van der Waals surface area contributed by atoms with Gasteiger partial charge in [-0.25, -0.2) is 0 Å². The van der Waals surface area contributed by atoms with E-state index in [1.165, 1.54) is 12.1 Å². The van der Waals surface area contributed by atoms with E-state index < -0.39 is 0 Å². The smallest absolute Gasteiger partial charge is 0.123 e. The van der Waals surface area contributed by atoms with Crippen molar-refractivity contribution >= 4 is 0 Å². The van der Waals surface area contributed by atoms with Crippen molar-refractivity contribution in [2.75, 3.05) is 7.11 Å². The first kappa shape index (κ1) is 21.2. The number of aromatic hydroxyl groups is 5. The molecule has 5 N–H and O–H groups in total. The van der Waals surface area contributed by atoms with Crippen LogP contribution in [0.5, 0.6) is 34.5 Å². The van der Waals surface area contributed by atoms with Gasteiger partial charge in [0.2, 0.25) is 0 Å². The molecule has 4 unspecified atom stereocenters. The van der Waals surface area contributed by atoms with E-state index in [4.69, 9.17) is 4.74 Å². The van der Waals surface area contributed by atoms with Gasteiger partial charge in [0.1, 0.15) is 34.5 Å². The summed E-state index contributed by atoms with van der Waals surface area (Å²) in [5.74, 6) is -0.300. The molecule has 0 spiro atoms. The number of phenols is 5. The fraction of sp³-hybridized carbons (Fsp3) is 0.172. The molecule has 0 aliphatic heterocycles. The van der Waals surface area contributed by atoms with Crippen LogP contribution in [0.15, 0.2) is 72.8 Å². The molecule has 176 valence electrons. The predicted molar refractivity (Wildman–Crippen MR) is 130 cm³/mol. The Bertz CT molecular complexity index is 1440. The van der Waals surface area contributed by atoms with E-state index in [0.717, 1.165) is 27.8 Å². The van der Waals surface area contributed by atoms with Crippen molar-refractivity contribution in [3.05, 3.63) is 106 Å². The molecule has 0 amide bonds. The van der Waals surface area contributed by atoms with Gasteiger partial charge in [0, 0.05) is 46.9 Å². The molecule has 0 radical (unpaired) electrons. The summed E-state index contributed by atoms with van der Waals surface area (Å²) in [5, 5.41) is 52.8. The fourth-order valence-electron chi connectivity index (χ4n) is 6.28. The summed E-state index contributed by atoms with van der Waals surface area (Å²) in [4.78, 5) is 0. The van der Waals surface area contributed by atoms with Crippen LogP contribution in [0.4, 0.5) is 0 Å². The number of hydrogen-bond acceptors (Lipinski definition) is 6. The molecule has 2 aliphatic rings. The highest BCUT2D eigenvalue weighted by atomic mass is 16.5. The zero-order valence-corrected chi connectivity index (χ0v) is 18.9. The topological polar surface area (TPSA) is 110 Å². The molecule has 4 aromatic carbocycles. The number of methoxy groups -OCH3 is 1. The molecule has 0 aromatic heterocycles. The number of phenolic OH excluding ortho intramolecular Hbond substituents is 5. The molecule has 35 heavy (non-hydrogen) atoms. The third-order valence-corrected chi connectivity index (χ3v) is 7.52. The van der Waals surface area contributed by atoms with E-state index >= 15 is 0 Å². The minimum atomic E-state index is -0.320. The molecule has 2 aliphatic carbocycles. The normalized spacial score (nSPS) is 21.9.